The van der Waals surface area contributed by atoms with Gasteiger partial charge in [-0.1, -0.05) is 25.8 Å². The highest BCUT2D eigenvalue weighted by Crippen LogP contribution is 2.31. The van der Waals surface area contributed by atoms with Gasteiger partial charge in [0.25, 0.3) is 5.56 Å². The molecule has 1 saturated carbocycles. The van der Waals surface area contributed by atoms with Crippen LogP contribution in [0.2, 0.25) is 0 Å². The van der Waals surface area contributed by atoms with Gasteiger partial charge in [0.1, 0.15) is 5.75 Å². The summed E-state index contributed by atoms with van der Waals surface area (Å²) in [5, 5.41) is 0. The molecule has 3 rings (SSSR count). The maximum atomic E-state index is 12.4. The van der Waals surface area contributed by atoms with Crippen molar-refractivity contribution in [2.24, 2.45) is 5.92 Å². The molecule has 1 aliphatic carbocycles. The number of aryl methyl sites for hydroxylation is 2. The van der Waals surface area contributed by atoms with E-state index in [-0.39, 0.29) is 11.2 Å². The van der Waals surface area contributed by atoms with Crippen LogP contribution in [0.4, 0.5) is 0 Å². The summed E-state index contributed by atoms with van der Waals surface area (Å²) >= 11 is 0. The van der Waals surface area contributed by atoms with E-state index in [1.165, 1.54) is 6.42 Å². The van der Waals surface area contributed by atoms with Gasteiger partial charge in [-0.15, -0.1) is 0 Å². The number of hydrogen-bond acceptors (Lipinski definition) is 3. The molecule has 1 aromatic heterocycles. The van der Waals surface area contributed by atoms with Gasteiger partial charge in [0.15, 0.2) is 0 Å². The van der Waals surface area contributed by atoms with E-state index in [1.54, 1.807) is 4.57 Å². The molecule has 0 bridgehead atoms. The van der Waals surface area contributed by atoms with Gasteiger partial charge in [-0.25, -0.2) is 4.79 Å². The minimum absolute atomic E-state index is 0.337. The zero-order valence-corrected chi connectivity index (χ0v) is 15.2. The van der Waals surface area contributed by atoms with E-state index in [0.717, 1.165) is 30.4 Å². The molecule has 0 atom stereocenters. The van der Waals surface area contributed by atoms with Crippen LogP contribution < -0.4 is 16.0 Å². The number of aromatic amines is 1. The molecule has 0 radical (unpaired) electrons. The summed E-state index contributed by atoms with van der Waals surface area (Å²) in [6.07, 6.45) is 4.85. The fraction of sp³-hybridized carbons (Fsp3) is 0.500. The lowest BCUT2D eigenvalue weighted by Crippen LogP contribution is -2.36. The average molecular weight is 342 g/mol. The lowest BCUT2D eigenvalue weighted by molar-refractivity contribution is 0.258. The number of aromatic nitrogens is 2. The highest BCUT2D eigenvalue weighted by Gasteiger charge is 2.23. The Kier molecular flexibility index (Phi) is 5.11. The van der Waals surface area contributed by atoms with Gasteiger partial charge in [0.05, 0.1) is 5.56 Å². The summed E-state index contributed by atoms with van der Waals surface area (Å²) in [6, 6.07) is 5.93. The quantitative estimate of drug-likeness (QED) is 0.870. The van der Waals surface area contributed by atoms with Crippen LogP contribution >= 0.6 is 0 Å². The van der Waals surface area contributed by atoms with Crippen LogP contribution in [-0.2, 0) is 13.0 Å². The highest BCUT2D eigenvalue weighted by molar-refractivity contribution is 5.37. The van der Waals surface area contributed by atoms with Crippen molar-refractivity contribution in [1.82, 2.24) is 9.55 Å². The second-order valence-corrected chi connectivity index (χ2v) is 7.13. The summed E-state index contributed by atoms with van der Waals surface area (Å²) < 4.78 is 7.75. The lowest BCUT2D eigenvalue weighted by Gasteiger charge is -2.27. The third kappa shape index (κ3) is 3.86. The van der Waals surface area contributed by atoms with Crippen molar-refractivity contribution in [3.63, 3.8) is 0 Å². The molecule has 25 heavy (non-hydrogen) atoms. The van der Waals surface area contributed by atoms with Crippen LogP contribution in [0.5, 0.6) is 11.6 Å². The van der Waals surface area contributed by atoms with E-state index in [2.05, 4.69) is 11.1 Å². The van der Waals surface area contributed by atoms with Gasteiger partial charge >= 0.3 is 5.69 Å². The number of rotatable bonds is 6. The Hall–Kier alpha value is -2.30. The summed E-state index contributed by atoms with van der Waals surface area (Å²) in [6.45, 7) is 6.63. The SMILES string of the molecule is CCCc1c(Oc2cc(C)cc(C)c2)n(CC2CCC2)c(=O)[nH]c1=O. The Morgan fingerprint density at radius 3 is 2.40 bits per heavy atom. The van der Waals surface area contributed by atoms with Crippen molar-refractivity contribution in [3.8, 4) is 11.6 Å². The summed E-state index contributed by atoms with van der Waals surface area (Å²) in [5.74, 6) is 1.56. The summed E-state index contributed by atoms with van der Waals surface area (Å²) in [5.41, 5.74) is 2.02. The van der Waals surface area contributed by atoms with Crippen molar-refractivity contribution in [1.29, 1.82) is 0 Å². The first-order valence-electron chi connectivity index (χ1n) is 9.10. The molecule has 0 aliphatic heterocycles. The fourth-order valence-corrected chi connectivity index (χ4v) is 3.38. The third-order valence-corrected chi connectivity index (χ3v) is 4.82. The summed E-state index contributed by atoms with van der Waals surface area (Å²) in [4.78, 5) is 27.3. The maximum absolute atomic E-state index is 12.4. The van der Waals surface area contributed by atoms with Crippen LogP contribution in [0.15, 0.2) is 27.8 Å². The number of ether oxygens (including phenoxy) is 1. The summed E-state index contributed by atoms with van der Waals surface area (Å²) in [7, 11) is 0. The molecule has 2 aromatic rings. The number of hydrogen-bond donors (Lipinski definition) is 1. The second-order valence-electron chi connectivity index (χ2n) is 7.13. The minimum atomic E-state index is -0.379. The molecule has 134 valence electrons. The molecular formula is C20H26N2O3. The first kappa shape index (κ1) is 17.5. The van der Waals surface area contributed by atoms with Crippen LogP contribution in [0, 0.1) is 19.8 Å². The molecule has 0 unspecified atom stereocenters. The average Bonchev–Trinajstić information content (AvgIpc) is 2.48. The van der Waals surface area contributed by atoms with Crippen molar-refractivity contribution < 1.29 is 4.74 Å². The van der Waals surface area contributed by atoms with Crippen molar-refractivity contribution >= 4 is 0 Å². The van der Waals surface area contributed by atoms with Crippen LogP contribution in [0.25, 0.3) is 0 Å². The van der Waals surface area contributed by atoms with E-state index in [4.69, 9.17) is 4.74 Å². The lowest BCUT2D eigenvalue weighted by atomic mass is 9.85. The molecule has 1 fully saturated rings. The van der Waals surface area contributed by atoms with Gasteiger partial charge in [-0.3, -0.25) is 14.3 Å². The van der Waals surface area contributed by atoms with E-state index in [1.807, 2.05) is 32.9 Å². The Labute approximate surface area is 147 Å². The minimum Gasteiger partial charge on any atom is -0.440 e. The van der Waals surface area contributed by atoms with Crippen LogP contribution in [-0.4, -0.2) is 9.55 Å². The number of benzene rings is 1. The predicted molar refractivity (Wildman–Crippen MR) is 98.6 cm³/mol. The second kappa shape index (κ2) is 7.30. The van der Waals surface area contributed by atoms with Crippen molar-refractivity contribution in [2.45, 2.75) is 59.4 Å². The van der Waals surface area contributed by atoms with E-state index < -0.39 is 0 Å². The first-order valence-corrected chi connectivity index (χ1v) is 9.10. The maximum Gasteiger partial charge on any atom is 0.331 e. The number of nitrogens with one attached hydrogen (secondary N) is 1. The Morgan fingerprint density at radius 2 is 1.84 bits per heavy atom. The highest BCUT2D eigenvalue weighted by atomic mass is 16.5. The van der Waals surface area contributed by atoms with E-state index >= 15 is 0 Å². The third-order valence-electron chi connectivity index (χ3n) is 4.82. The molecule has 1 heterocycles. The van der Waals surface area contributed by atoms with Crippen molar-refractivity contribution in [3.05, 3.63) is 55.7 Å². The molecule has 0 saturated heterocycles. The molecule has 1 aromatic carbocycles. The topological polar surface area (TPSA) is 64.1 Å². The molecule has 0 amide bonds. The van der Waals surface area contributed by atoms with Gasteiger partial charge in [-0.2, -0.15) is 0 Å². The molecular weight excluding hydrogens is 316 g/mol. The molecule has 1 aliphatic rings. The standard InChI is InChI=1S/C20H26N2O3/c1-4-6-17-18(23)21-20(24)22(12-15-7-5-8-15)19(17)25-16-10-13(2)9-14(3)11-16/h9-11,15H,4-8,12H2,1-3H3,(H,21,23,24). The van der Waals surface area contributed by atoms with Gasteiger partial charge < -0.3 is 4.74 Å². The largest absolute Gasteiger partial charge is 0.440 e. The van der Waals surface area contributed by atoms with Crippen molar-refractivity contribution in [2.75, 3.05) is 0 Å². The molecule has 5 heteroatoms. The Bertz CT molecular complexity index is 855. The van der Waals surface area contributed by atoms with Gasteiger partial charge in [-0.05, 0) is 62.3 Å². The zero-order valence-electron chi connectivity index (χ0n) is 15.2. The van der Waals surface area contributed by atoms with Gasteiger partial charge in [0.2, 0.25) is 5.88 Å². The monoisotopic (exact) mass is 342 g/mol. The molecule has 5 nitrogen and oxygen atoms in total. The smallest absolute Gasteiger partial charge is 0.331 e. The number of H-pyrrole nitrogens is 1. The van der Waals surface area contributed by atoms with E-state index in [9.17, 15) is 9.59 Å². The zero-order chi connectivity index (χ0) is 18.0. The van der Waals surface area contributed by atoms with Crippen LogP contribution in [0.3, 0.4) is 0 Å². The Balaban J connectivity index is 2.09. The Morgan fingerprint density at radius 1 is 1.16 bits per heavy atom. The first-order chi connectivity index (χ1) is 12.0. The van der Waals surface area contributed by atoms with Crippen LogP contribution in [0.1, 0.15) is 49.3 Å². The normalized spacial score (nSPS) is 14.4. The van der Waals surface area contributed by atoms with Gasteiger partial charge in [0, 0.05) is 6.54 Å². The molecule has 0 spiro atoms. The molecule has 1 N–H and O–H groups in total. The fourth-order valence-electron chi connectivity index (χ4n) is 3.38. The van der Waals surface area contributed by atoms with E-state index in [0.29, 0.717) is 36.1 Å². The number of nitrogens with zero attached hydrogens (tertiary/aromatic N) is 1. The predicted octanol–water partition coefficient (Wildman–Crippen LogP) is 3.70.